The lowest BCUT2D eigenvalue weighted by Crippen LogP contribution is -2.42. The van der Waals surface area contributed by atoms with E-state index >= 15 is 0 Å². The van der Waals surface area contributed by atoms with Crippen molar-refractivity contribution in [1.82, 2.24) is 4.98 Å². The number of aromatic nitrogens is 1. The van der Waals surface area contributed by atoms with Crippen LogP contribution in [0.1, 0.15) is 22.8 Å². The second kappa shape index (κ2) is 7.98. The van der Waals surface area contributed by atoms with E-state index in [9.17, 15) is 14.4 Å². The van der Waals surface area contributed by atoms with Crippen LogP contribution in [-0.2, 0) is 9.59 Å². The van der Waals surface area contributed by atoms with E-state index in [1.54, 1.807) is 26.0 Å². The molecule has 4 aliphatic rings. The summed E-state index contributed by atoms with van der Waals surface area (Å²) in [6, 6.07) is 15.2. The summed E-state index contributed by atoms with van der Waals surface area (Å²) in [6.07, 6.45) is 0.862. The number of aromatic amines is 1. The molecule has 0 radical (unpaired) electrons. The third kappa shape index (κ3) is 2.90. The maximum absolute atomic E-state index is 13.7. The molecule has 1 aromatic heterocycles. The summed E-state index contributed by atoms with van der Waals surface area (Å²) < 4.78 is 11.1. The number of carbonyl (C=O) groups is 2. The smallest absolute Gasteiger partial charge is 0.305 e. The van der Waals surface area contributed by atoms with Crippen LogP contribution in [0.15, 0.2) is 58.4 Å². The number of hydrogen-bond acceptors (Lipinski definition) is 7. The molecule has 7 nitrogen and oxygen atoms in total. The molecule has 0 spiro atoms. The minimum absolute atomic E-state index is 0.0559. The predicted octanol–water partition coefficient (Wildman–Crippen LogP) is 4.13. The lowest BCUT2D eigenvalue weighted by Gasteiger charge is -2.43. The summed E-state index contributed by atoms with van der Waals surface area (Å²) >= 11 is 2.94. The van der Waals surface area contributed by atoms with Crippen molar-refractivity contribution in [2.45, 2.75) is 22.6 Å². The number of imide groups is 1. The van der Waals surface area contributed by atoms with Crippen molar-refractivity contribution in [2.24, 2.45) is 29.6 Å². The summed E-state index contributed by atoms with van der Waals surface area (Å²) in [7, 11) is 3.22. The number of rotatable bonds is 4. The van der Waals surface area contributed by atoms with Gasteiger partial charge in [0, 0.05) is 16.0 Å². The van der Waals surface area contributed by atoms with E-state index in [0.717, 1.165) is 21.9 Å². The highest BCUT2D eigenvalue weighted by molar-refractivity contribution is 8.00. The number of para-hydroxylation sites is 1. The number of thioether (sulfide) groups is 1. The Kier molecular flexibility index (Phi) is 4.92. The van der Waals surface area contributed by atoms with Gasteiger partial charge < -0.3 is 14.5 Å². The molecule has 2 bridgehead atoms. The standard InChI is InChI=1S/C27H24N2O5S2/c1-33-16-9-8-12(10-17(16)34-2)18-19-14-11-15(22(19)35-24-23(18)36-27(32)28-24)21-20(14)25(30)29(26(21)31)13-6-4-3-5-7-13/h3-10,14-15,18-22H,11H2,1-2H3,(H,28,32)/t14-,15+,18+,19+,20+,21+,22-/m1/s1. The van der Waals surface area contributed by atoms with E-state index in [1.165, 1.54) is 16.2 Å². The van der Waals surface area contributed by atoms with Gasteiger partial charge in [-0.05, 0) is 54.0 Å². The summed E-state index contributed by atoms with van der Waals surface area (Å²) in [5.74, 6) is 0.780. The van der Waals surface area contributed by atoms with Crippen LogP contribution in [0.25, 0.3) is 0 Å². The first kappa shape index (κ1) is 22.2. The number of H-pyrrole nitrogens is 1. The molecule has 7 rings (SSSR count). The highest BCUT2D eigenvalue weighted by Gasteiger charge is 2.69. The Bertz CT molecular complexity index is 1450. The Hall–Kier alpha value is -3.04. The Balaban J connectivity index is 1.34. The number of nitrogens with zero attached hydrogens (tertiary/aromatic N) is 1. The molecule has 2 aliphatic carbocycles. The van der Waals surface area contributed by atoms with Gasteiger partial charge in [0.25, 0.3) is 0 Å². The third-order valence-corrected chi connectivity index (χ3v) is 11.1. The minimum atomic E-state index is -0.315. The van der Waals surface area contributed by atoms with Crippen molar-refractivity contribution in [3.8, 4) is 11.5 Å². The van der Waals surface area contributed by atoms with Gasteiger partial charge in [-0.3, -0.25) is 19.3 Å². The highest BCUT2D eigenvalue weighted by atomic mass is 32.2. The maximum Gasteiger partial charge on any atom is 0.305 e. The minimum Gasteiger partial charge on any atom is -0.493 e. The number of nitrogens with one attached hydrogen (secondary N) is 1. The second-order valence-electron chi connectivity index (χ2n) is 9.92. The van der Waals surface area contributed by atoms with Crippen LogP contribution in [0, 0.1) is 29.6 Å². The molecule has 1 N–H and O–H groups in total. The molecule has 7 atom stereocenters. The van der Waals surface area contributed by atoms with E-state index in [0.29, 0.717) is 17.2 Å². The molecule has 1 saturated heterocycles. The first-order valence-corrected chi connectivity index (χ1v) is 13.8. The highest BCUT2D eigenvalue weighted by Crippen LogP contribution is 2.68. The zero-order valence-corrected chi connectivity index (χ0v) is 21.3. The zero-order chi connectivity index (χ0) is 24.7. The molecule has 2 aliphatic heterocycles. The molecule has 3 aromatic rings. The van der Waals surface area contributed by atoms with E-state index in [2.05, 4.69) is 4.98 Å². The zero-order valence-electron chi connectivity index (χ0n) is 19.7. The average molecular weight is 521 g/mol. The first-order valence-electron chi connectivity index (χ1n) is 12.1. The number of amides is 2. The lowest BCUT2D eigenvalue weighted by atomic mass is 9.68. The number of fused-ring (bicyclic) bond motifs is 9. The van der Waals surface area contributed by atoms with Crippen LogP contribution in [0.4, 0.5) is 5.69 Å². The Morgan fingerprint density at radius 2 is 1.64 bits per heavy atom. The van der Waals surface area contributed by atoms with Gasteiger partial charge in [0.05, 0.1) is 36.8 Å². The molecule has 3 fully saturated rings. The van der Waals surface area contributed by atoms with Crippen LogP contribution in [0.5, 0.6) is 11.5 Å². The Morgan fingerprint density at radius 3 is 2.36 bits per heavy atom. The van der Waals surface area contributed by atoms with Gasteiger partial charge in [-0.1, -0.05) is 35.6 Å². The largest absolute Gasteiger partial charge is 0.493 e. The molecule has 3 heterocycles. The topological polar surface area (TPSA) is 88.7 Å². The fourth-order valence-electron chi connectivity index (χ4n) is 7.27. The number of anilines is 1. The maximum atomic E-state index is 13.7. The van der Waals surface area contributed by atoms with Gasteiger partial charge >= 0.3 is 4.87 Å². The monoisotopic (exact) mass is 520 g/mol. The number of hydrogen-bond donors (Lipinski definition) is 1. The van der Waals surface area contributed by atoms with Crippen LogP contribution in [-0.4, -0.2) is 36.3 Å². The van der Waals surface area contributed by atoms with Crippen LogP contribution >= 0.6 is 23.1 Å². The fraction of sp³-hybridized carbons (Fsp3) is 0.370. The third-order valence-electron chi connectivity index (χ3n) is 8.51. The summed E-state index contributed by atoms with van der Waals surface area (Å²) in [6.45, 7) is 0. The van der Waals surface area contributed by atoms with E-state index in [1.807, 2.05) is 48.5 Å². The molecule has 2 amide bonds. The van der Waals surface area contributed by atoms with Crippen LogP contribution in [0.3, 0.4) is 0 Å². The molecule has 36 heavy (non-hydrogen) atoms. The van der Waals surface area contributed by atoms with Crippen molar-refractivity contribution in [3.63, 3.8) is 0 Å². The van der Waals surface area contributed by atoms with Gasteiger partial charge in [0.1, 0.15) is 0 Å². The number of carbonyl (C=O) groups excluding carboxylic acids is 2. The summed E-state index contributed by atoms with van der Waals surface area (Å²) in [4.78, 5) is 45.2. The van der Waals surface area contributed by atoms with Crippen molar-refractivity contribution in [3.05, 3.63) is 68.6 Å². The molecular formula is C27H24N2O5S2. The molecular weight excluding hydrogens is 496 g/mol. The molecule has 2 aromatic carbocycles. The number of thiazole rings is 1. The van der Waals surface area contributed by atoms with Crippen LogP contribution in [0.2, 0.25) is 0 Å². The fourth-order valence-corrected chi connectivity index (χ4v) is 10.2. The van der Waals surface area contributed by atoms with Crippen molar-refractivity contribution < 1.29 is 19.1 Å². The normalized spacial score (nSPS) is 31.8. The SMILES string of the molecule is COc1ccc([C@@H]2c3sc(=O)[nH]c3S[C@@H]3[C@H]4C[C@@H]([C@@H]5C(=O)N(c6ccccc6)C(=O)[C@@H]45)[C@@H]23)cc1OC. The Labute approximate surface area is 215 Å². The van der Waals surface area contributed by atoms with Crippen LogP contribution < -0.4 is 19.2 Å². The first-order chi connectivity index (χ1) is 17.5. The quantitative estimate of drug-likeness (QED) is 0.521. The number of methoxy groups -OCH3 is 2. The van der Waals surface area contributed by atoms with Gasteiger partial charge in [0.2, 0.25) is 11.8 Å². The van der Waals surface area contributed by atoms with E-state index in [-0.39, 0.29) is 57.4 Å². The summed E-state index contributed by atoms with van der Waals surface area (Å²) in [5.41, 5.74) is 1.69. The number of ether oxygens (including phenoxy) is 2. The van der Waals surface area contributed by atoms with Crippen molar-refractivity contribution >= 4 is 40.6 Å². The molecule has 2 saturated carbocycles. The van der Waals surface area contributed by atoms with Gasteiger partial charge in [-0.2, -0.15) is 0 Å². The van der Waals surface area contributed by atoms with Crippen molar-refractivity contribution in [1.29, 1.82) is 0 Å². The lowest BCUT2D eigenvalue weighted by molar-refractivity contribution is -0.123. The summed E-state index contributed by atoms with van der Waals surface area (Å²) in [5, 5.41) is 1.05. The van der Waals surface area contributed by atoms with E-state index in [4.69, 9.17) is 9.47 Å². The Morgan fingerprint density at radius 1 is 0.917 bits per heavy atom. The van der Waals surface area contributed by atoms with Gasteiger partial charge in [-0.25, -0.2) is 0 Å². The molecule has 184 valence electrons. The van der Waals surface area contributed by atoms with Gasteiger partial charge in [-0.15, -0.1) is 11.8 Å². The van der Waals surface area contributed by atoms with E-state index < -0.39 is 0 Å². The van der Waals surface area contributed by atoms with Crippen molar-refractivity contribution in [2.75, 3.05) is 19.1 Å². The molecule has 9 heteroatoms. The average Bonchev–Trinajstić information content (AvgIpc) is 3.62. The predicted molar refractivity (Wildman–Crippen MR) is 137 cm³/mol. The molecule has 0 unspecified atom stereocenters. The second-order valence-corrected chi connectivity index (χ2v) is 12.1. The van der Waals surface area contributed by atoms with Gasteiger partial charge in [0.15, 0.2) is 11.5 Å². The number of benzene rings is 2.